The third-order valence-corrected chi connectivity index (χ3v) is 2.24. The molecule has 0 spiro atoms. The first-order valence-corrected chi connectivity index (χ1v) is 4.97. The summed E-state index contributed by atoms with van der Waals surface area (Å²) in [5.74, 6) is -0.707. The largest absolute Gasteiger partial charge is 0.365 e. The van der Waals surface area contributed by atoms with Crippen LogP contribution in [0.25, 0.3) is 0 Å². The van der Waals surface area contributed by atoms with Crippen LogP contribution in [0.2, 0.25) is 5.02 Å². The minimum Gasteiger partial charge on any atom is -0.365 e. The molecule has 5 heteroatoms. The zero-order valence-electron chi connectivity index (χ0n) is 8.70. The van der Waals surface area contributed by atoms with E-state index in [9.17, 15) is 9.18 Å². The molecule has 0 aliphatic carbocycles. The second-order valence-corrected chi connectivity index (χ2v) is 3.76. The van der Waals surface area contributed by atoms with E-state index in [-0.39, 0.29) is 24.4 Å². The summed E-state index contributed by atoms with van der Waals surface area (Å²) >= 11 is 5.73. The number of likely N-dealkylation sites (N-methyl/N-ethyl adjacent to an activating group) is 1. The van der Waals surface area contributed by atoms with Crippen molar-refractivity contribution in [3.8, 4) is 6.07 Å². The van der Waals surface area contributed by atoms with E-state index >= 15 is 0 Å². The van der Waals surface area contributed by atoms with Crippen molar-refractivity contribution in [1.82, 2.24) is 0 Å². The van der Waals surface area contributed by atoms with Gasteiger partial charge in [0, 0.05) is 12.1 Å². The van der Waals surface area contributed by atoms with Gasteiger partial charge in [0.1, 0.15) is 5.82 Å². The number of anilines is 1. The van der Waals surface area contributed by atoms with E-state index in [1.807, 2.05) is 0 Å². The lowest BCUT2D eigenvalue weighted by molar-refractivity contribution is -0.116. The highest BCUT2D eigenvalue weighted by atomic mass is 35.5. The Labute approximate surface area is 98.0 Å². The van der Waals surface area contributed by atoms with Crippen LogP contribution in [0.5, 0.6) is 0 Å². The second-order valence-electron chi connectivity index (χ2n) is 3.33. The summed E-state index contributed by atoms with van der Waals surface area (Å²) in [7, 11) is 1.57. The van der Waals surface area contributed by atoms with Crippen molar-refractivity contribution in [3.63, 3.8) is 0 Å². The zero-order chi connectivity index (χ0) is 12.1. The predicted octanol–water partition coefficient (Wildman–Crippen LogP) is 2.40. The fourth-order valence-corrected chi connectivity index (χ4v) is 1.44. The van der Waals surface area contributed by atoms with Crippen LogP contribution in [0.15, 0.2) is 18.2 Å². The average Bonchev–Trinajstić information content (AvgIpc) is 2.21. The van der Waals surface area contributed by atoms with Gasteiger partial charge < -0.3 is 4.90 Å². The molecule has 0 fully saturated rings. The summed E-state index contributed by atoms with van der Waals surface area (Å²) in [6.45, 7) is -0.00910. The molecule has 84 valence electrons. The highest BCUT2D eigenvalue weighted by Crippen LogP contribution is 2.22. The maximum absolute atomic E-state index is 13.4. The van der Waals surface area contributed by atoms with Gasteiger partial charge in [0.25, 0.3) is 0 Å². The third-order valence-electron chi connectivity index (χ3n) is 2.01. The molecule has 0 heterocycles. The highest BCUT2D eigenvalue weighted by molar-refractivity contribution is 6.30. The molecule has 3 nitrogen and oxygen atoms in total. The van der Waals surface area contributed by atoms with Gasteiger partial charge in [0.05, 0.1) is 24.7 Å². The molecule has 1 aromatic carbocycles. The Hall–Kier alpha value is -1.60. The number of rotatable bonds is 4. The smallest absolute Gasteiger partial charge is 0.166 e. The van der Waals surface area contributed by atoms with Crippen molar-refractivity contribution in [2.45, 2.75) is 6.42 Å². The van der Waals surface area contributed by atoms with Gasteiger partial charge in [0.15, 0.2) is 5.78 Å². The first kappa shape index (κ1) is 12.5. The van der Waals surface area contributed by atoms with Gasteiger partial charge in [0.2, 0.25) is 0 Å². The third kappa shape index (κ3) is 3.21. The molecule has 0 unspecified atom stereocenters. The molecule has 16 heavy (non-hydrogen) atoms. The Morgan fingerprint density at radius 1 is 1.62 bits per heavy atom. The normalized spacial score (nSPS) is 9.62. The summed E-state index contributed by atoms with van der Waals surface area (Å²) in [6.07, 6.45) is -0.174. The summed E-state index contributed by atoms with van der Waals surface area (Å²) in [4.78, 5) is 12.6. The molecule has 0 saturated heterocycles. The minimum atomic E-state index is -0.448. The van der Waals surface area contributed by atoms with Gasteiger partial charge in [-0.25, -0.2) is 4.39 Å². The van der Waals surface area contributed by atoms with Crippen LogP contribution in [-0.4, -0.2) is 19.4 Å². The Balaban J connectivity index is 2.80. The van der Waals surface area contributed by atoms with Crippen LogP contribution in [-0.2, 0) is 4.79 Å². The van der Waals surface area contributed by atoms with Crippen LogP contribution in [0.4, 0.5) is 10.1 Å². The van der Waals surface area contributed by atoms with Gasteiger partial charge in [-0.3, -0.25) is 4.79 Å². The quantitative estimate of drug-likeness (QED) is 0.812. The lowest BCUT2D eigenvalue weighted by atomic mass is 10.2. The van der Waals surface area contributed by atoms with Crippen LogP contribution < -0.4 is 4.90 Å². The first-order chi connectivity index (χ1) is 7.54. The molecule has 0 aliphatic heterocycles. The lowest BCUT2D eigenvalue weighted by Gasteiger charge is -2.18. The van der Waals surface area contributed by atoms with Crippen LogP contribution >= 0.6 is 11.6 Å². The van der Waals surface area contributed by atoms with Crippen molar-refractivity contribution in [2.24, 2.45) is 0 Å². The summed E-state index contributed by atoms with van der Waals surface area (Å²) in [5.41, 5.74) is 0.249. The molecule has 1 rings (SSSR count). The molecule has 0 N–H and O–H groups in total. The lowest BCUT2D eigenvalue weighted by Crippen LogP contribution is -2.26. The van der Waals surface area contributed by atoms with Crippen molar-refractivity contribution in [1.29, 1.82) is 5.26 Å². The fourth-order valence-electron chi connectivity index (χ4n) is 1.27. The number of carbonyl (C=O) groups is 1. The second kappa shape index (κ2) is 5.47. The Bertz CT molecular complexity index is 442. The van der Waals surface area contributed by atoms with Gasteiger partial charge in [-0.05, 0) is 18.2 Å². The number of halogens is 2. The number of Topliss-reactive ketones (excluding diaryl/α,β-unsaturated/α-hetero) is 1. The van der Waals surface area contributed by atoms with Gasteiger partial charge >= 0.3 is 0 Å². The van der Waals surface area contributed by atoms with E-state index in [1.54, 1.807) is 13.1 Å². The van der Waals surface area contributed by atoms with Gasteiger partial charge in [-0.1, -0.05) is 11.6 Å². The Morgan fingerprint density at radius 3 is 2.94 bits per heavy atom. The van der Waals surface area contributed by atoms with E-state index in [0.29, 0.717) is 5.02 Å². The van der Waals surface area contributed by atoms with Crippen molar-refractivity contribution >= 4 is 23.1 Å². The fraction of sp³-hybridized carbons (Fsp3) is 0.273. The molecular weight excluding hydrogens is 231 g/mol. The average molecular weight is 241 g/mol. The van der Waals surface area contributed by atoms with Crippen molar-refractivity contribution in [2.75, 3.05) is 18.5 Å². The van der Waals surface area contributed by atoms with E-state index < -0.39 is 5.82 Å². The van der Waals surface area contributed by atoms with E-state index in [2.05, 4.69) is 0 Å². The number of nitrogens with zero attached hydrogens (tertiary/aromatic N) is 2. The topological polar surface area (TPSA) is 44.1 Å². The first-order valence-electron chi connectivity index (χ1n) is 4.59. The molecule has 0 aliphatic rings. The monoisotopic (exact) mass is 240 g/mol. The van der Waals surface area contributed by atoms with E-state index in [4.69, 9.17) is 16.9 Å². The van der Waals surface area contributed by atoms with E-state index in [0.717, 1.165) is 0 Å². The van der Waals surface area contributed by atoms with Gasteiger partial charge in [-0.2, -0.15) is 5.26 Å². The van der Waals surface area contributed by atoms with Crippen molar-refractivity contribution < 1.29 is 9.18 Å². The van der Waals surface area contributed by atoms with Crippen LogP contribution in [0.1, 0.15) is 6.42 Å². The molecular formula is C11H10ClFN2O. The predicted molar refractivity (Wildman–Crippen MR) is 59.9 cm³/mol. The summed E-state index contributed by atoms with van der Waals surface area (Å²) < 4.78 is 13.4. The Kier molecular flexibility index (Phi) is 4.27. The minimum absolute atomic E-state index is 0.00910. The van der Waals surface area contributed by atoms with Crippen LogP contribution in [0, 0.1) is 17.1 Å². The number of ketones is 1. The van der Waals surface area contributed by atoms with Gasteiger partial charge in [-0.15, -0.1) is 0 Å². The number of hydrogen-bond acceptors (Lipinski definition) is 3. The molecule has 0 saturated carbocycles. The molecule has 0 radical (unpaired) electrons. The van der Waals surface area contributed by atoms with E-state index in [1.165, 1.54) is 23.1 Å². The number of hydrogen-bond donors (Lipinski definition) is 0. The standard InChI is InChI=1S/C11H10ClFN2O/c1-15(7-9(16)4-5-14)11-6-8(12)2-3-10(11)13/h2-3,6H,4,7H2,1H3. The SMILES string of the molecule is CN(CC(=O)CC#N)c1cc(Cl)ccc1F. The zero-order valence-corrected chi connectivity index (χ0v) is 9.46. The highest BCUT2D eigenvalue weighted by Gasteiger charge is 2.11. The molecule has 0 aromatic heterocycles. The molecule has 0 atom stereocenters. The Morgan fingerprint density at radius 2 is 2.31 bits per heavy atom. The number of carbonyl (C=O) groups excluding carboxylic acids is 1. The summed E-state index contributed by atoms with van der Waals surface area (Å²) in [6, 6.07) is 5.87. The maximum atomic E-state index is 13.4. The maximum Gasteiger partial charge on any atom is 0.166 e. The van der Waals surface area contributed by atoms with Crippen LogP contribution in [0.3, 0.4) is 0 Å². The molecule has 0 amide bonds. The van der Waals surface area contributed by atoms with Crippen molar-refractivity contribution in [3.05, 3.63) is 29.0 Å². The molecule has 0 bridgehead atoms. The number of nitriles is 1. The molecule has 1 aromatic rings. The number of benzene rings is 1. The summed E-state index contributed by atoms with van der Waals surface area (Å²) in [5, 5.41) is 8.73.